The van der Waals surface area contributed by atoms with E-state index in [1.54, 1.807) is 6.08 Å². The van der Waals surface area contributed by atoms with E-state index in [1.807, 2.05) is 32.8 Å². The summed E-state index contributed by atoms with van der Waals surface area (Å²) in [6, 6.07) is 0. The lowest BCUT2D eigenvalue weighted by Crippen LogP contribution is -2.20. The van der Waals surface area contributed by atoms with Crippen molar-refractivity contribution in [1.82, 2.24) is 4.90 Å². The summed E-state index contributed by atoms with van der Waals surface area (Å²) < 4.78 is 5.03. The second-order valence-corrected chi connectivity index (χ2v) is 3.56. The van der Waals surface area contributed by atoms with Gasteiger partial charge in [0.05, 0.1) is 6.61 Å². The van der Waals surface area contributed by atoms with Crippen molar-refractivity contribution in [1.29, 1.82) is 0 Å². The molecule has 1 unspecified atom stereocenters. The molecular formula is C9H15NO2. The van der Waals surface area contributed by atoms with Gasteiger partial charge < -0.3 is 9.64 Å². The topological polar surface area (TPSA) is 32.8 Å². The molecule has 0 aromatic carbocycles. The van der Waals surface area contributed by atoms with Crippen molar-refractivity contribution in [3.05, 3.63) is 11.8 Å². The van der Waals surface area contributed by atoms with Crippen LogP contribution in [0.4, 0.5) is 0 Å². The Balaban J connectivity index is 2.61. The molecule has 3 heteroatoms. The molecule has 0 spiro atoms. The van der Waals surface area contributed by atoms with E-state index >= 15 is 0 Å². The van der Waals surface area contributed by atoms with E-state index in [4.69, 9.17) is 4.74 Å². The standard InChI is InChI=1S/C9H15NO2/c1-7(10(3)4)5-8(11)9(2)6-12-9/h5H,6H2,1-4H3. The second-order valence-electron chi connectivity index (χ2n) is 3.56. The van der Waals surface area contributed by atoms with Crippen LogP contribution in [-0.2, 0) is 9.53 Å². The lowest BCUT2D eigenvalue weighted by molar-refractivity contribution is -0.118. The van der Waals surface area contributed by atoms with E-state index in [9.17, 15) is 4.79 Å². The van der Waals surface area contributed by atoms with Crippen LogP contribution >= 0.6 is 0 Å². The Morgan fingerprint density at radius 2 is 2.08 bits per heavy atom. The molecule has 0 aromatic heterocycles. The molecule has 0 bridgehead atoms. The van der Waals surface area contributed by atoms with E-state index in [0.717, 1.165) is 5.70 Å². The molecule has 1 atom stereocenters. The maximum atomic E-state index is 11.4. The minimum Gasteiger partial charge on any atom is -0.381 e. The number of ketones is 1. The van der Waals surface area contributed by atoms with Gasteiger partial charge in [0.2, 0.25) is 0 Å². The average Bonchev–Trinajstić information content (AvgIpc) is 2.69. The maximum absolute atomic E-state index is 11.4. The van der Waals surface area contributed by atoms with Gasteiger partial charge in [-0.05, 0) is 13.8 Å². The van der Waals surface area contributed by atoms with Gasteiger partial charge in [-0.1, -0.05) is 0 Å². The van der Waals surface area contributed by atoms with Crippen molar-refractivity contribution >= 4 is 5.78 Å². The summed E-state index contributed by atoms with van der Waals surface area (Å²) >= 11 is 0. The molecule has 0 aromatic rings. The summed E-state index contributed by atoms with van der Waals surface area (Å²) in [4.78, 5) is 13.3. The monoisotopic (exact) mass is 169 g/mol. The van der Waals surface area contributed by atoms with Gasteiger partial charge in [-0.2, -0.15) is 0 Å². The van der Waals surface area contributed by atoms with Crippen LogP contribution in [0.5, 0.6) is 0 Å². The SMILES string of the molecule is CC(=CC(=O)C1(C)CO1)N(C)C. The smallest absolute Gasteiger partial charge is 0.191 e. The second kappa shape index (κ2) is 2.90. The molecule has 68 valence electrons. The molecule has 0 amide bonds. The van der Waals surface area contributed by atoms with Crippen molar-refractivity contribution in [3.63, 3.8) is 0 Å². The van der Waals surface area contributed by atoms with E-state index in [-0.39, 0.29) is 5.78 Å². The van der Waals surface area contributed by atoms with Gasteiger partial charge in [0.1, 0.15) is 0 Å². The zero-order valence-electron chi connectivity index (χ0n) is 8.05. The first-order chi connectivity index (χ1) is 5.46. The Labute approximate surface area is 73.0 Å². The molecule has 0 N–H and O–H groups in total. The van der Waals surface area contributed by atoms with Crippen LogP contribution in [0.15, 0.2) is 11.8 Å². The lowest BCUT2D eigenvalue weighted by atomic mass is 10.1. The van der Waals surface area contributed by atoms with Gasteiger partial charge in [0, 0.05) is 25.9 Å². The van der Waals surface area contributed by atoms with Crippen molar-refractivity contribution in [2.24, 2.45) is 0 Å². The molecule has 1 aliphatic rings. The van der Waals surface area contributed by atoms with Crippen LogP contribution in [0, 0.1) is 0 Å². The van der Waals surface area contributed by atoms with E-state index < -0.39 is 5.60 Å². The number of rotatable bonds is 3. The van der Waals surface area contributed by atoms with Crippen LogP contribution in [0.3, 0.4) is 0 Å². The summed E-state index contributed by atoms with van der Waals surface area (Å²) in [6.45, 7) is 4.28. The Kier molecular flexibility index (Phi) is 2.24. The highest BCUT2D eigenvalue weighted by atomic mass is 16.6. The normalized spacial score (nSPS) is 28.5. The number of hydrogen-bond acceptors (Lipinski definition) is 3. The Bertz CT molecular complexity index is 227. The minimum atomic E-state index is -0.517. The number of carbonyl (C=O) groups excluding carboxylic acids is 1. The van der Waals surface area contributed by atoms with Crippen LogP contribution in [-0.4, -0.2) is 37.0 Å². The van der Waals surface area contributed by atoms with Crippen LogP contribution in [0.2, 0.25) is 0 Å². The molecule has 0 saturated carbocycles. The predicted octanol–water partition coefficient (Wildman–Crippen LogP) is 0.810. The number of carbonyl (C=O) groups is 1. The van der Waals surface area contributed by atoms with Gasteiger partial charge in [0.25, 0.3) is 0 Å². The lowest BCUT2D eigenvalue weighted by Gasteiger charge is -2.12. The number of ether oxygens (including phenoxy) is 1. The molecule has 1 fully saturated rings. The quantitative estimate of drug-likeness (QED) is 0.463. The average molecular weight is 169 g/mol. The summed E-state index contributed by atoms with van der Waals surface area (Å²) in [5.74, 6) is 0.0636. The number of nitrogens with zero attached hydrogens (tertiary/aromatic N) is 1. The van der Waals surface area contributed by atoms with Gasteiger partial charge in [-0.15, -0.1) is 0 Å². The molecule has 1 aliphatic heterocycles. The van der Waals surface area contributed by atoms with Gasteiger partial charge in [0.15, 0.2) is 11.4 Å². The summed E-state index contributed by atoms with van der Waals surface area (Å²) in [5, 5.41) is 0. The first-order valence-electron chi connectivity index (χ1n) is 4.00. The van der Waals surface area contributed by atoms with E-state index in [0.29, 0.717) is 6.61 Å². The Hall–Kier alpha value is -0.830. The third-order valence-electron chi connectivity index (χ3n) is 2.14. The molecule has 1 heterocycles. The summed E-state index contributed by atoms with van der Waals surface area (Å²) in [7, 11) is 3.82. The predicted molar refractivity (Wildman–Crippen MR) is 46.8 cm³/mol. The highest BCUT2D eigenvalue weighted by Gasteiger charge is 2.45. The fourth-order valence-corrected chi connectivity index (χ4v) is 0.722. The number of epoxide rings is 1. The molecule has 0 radical (unpaired) electrons. The minimum absolute atomic E-state index is 0.0636. The molecular weight excluding hydrogens is 154 g/mol. The Morgan fingerprint density at radius 3 is 2.42 bits per heavy atom. The van der Waals surface area contributed by atoms with Crippen LogP contribution in [0.1, 0.15) is 13.8 Å². The van der Waals surface area contributed by atoms with Gasteiger partial charge in [-0.25, -0.2) is 0 Å². The maximum Gasteiger partial charge on any atom is 0.191 e. The third-order valence-corrected chi connectivity index (χ3v) is 2.14. The fraction of sp³-hybridized carbons (Fsp3) is 0.667. The first-order valence-corrected chi connectivity index (χ1v) is 4.00. The van der Waals surface area contributed by atoms with Crippen molar-refractivity contribution in [2.45, 2.75) is 19.4 Å². The number of allylic oxidation sites excluding steroid dienone is 1. The summed E-state index contributed by atoms with van der Waals surface area (Å²) in [6.07, 6.45) is 1.63. The zero-order chi connectivity index (χ0) is 9.35. The molecule has 1 saturated heterocycles. The largest absolute Gasteiger partial charge is 0.381 e. The highest BCUT2D eigenvalue weighted by Crippen LogP contribution is 2.27. The van der Waals surface area contributed by atoms with Crippen molar-refractivity contribution in [3.8, 4) is 0 Å². The molecule has 0 aliphatic carbocycles. The summed E-state index contributed by atoms with van der Waals surface area (Å²) in [5.41, 5.74) is 0.439. The molecule has 12 heavy (non-hydrogen) atoms. The molecule has 1 rings (SSSR count). The van der Waals surface area contributed by atoms with E-state index in [2.05, 4.69) is 0 Å². The first kappa shape index (κ1) is 9.26. The number of hydrogen-bond donors (Lipinski definition) is 0. The third kappa shape index (κ3) is 1.85. The van der Waals surface area contributed by atoms with Crippen LogP contribution < -0.4 is 0 Å². The fourth-order valence-electron chi connectivity index (χ4n) is 0.722. The van der Waals surface area contributed by atoms with Crippen LogP contribution in [0.25, 0.3) is 0 Å². The van der Waals surface area contributed by atoms with E-state index in [1.165, 1.54) is 0 Å². The van der Waals surface area contributed by atoms with Crippen molar-refractivity contribution in [2.75, 3.05) is 20.7 Å². The Morgan fingerprint density at radius 1 is 1.58 bits per heavy atom. The zero-order valence-corrected chi connectivity index (χ0v) is 8.05. The highest BCUT2D eigenvalue weighted by molar-refractivity contribution is 5.98. The van der Waals surface area contributed by atoms with Crippen molar-refractivity contribution < 1.29 is 9.53 Å². The van der Waals surface area contributed by atoms with Gasteiger partial charge in [-0.3, -0.25) is 4.79 Å². The molecule has 3 nitrogen and oxygen atoms in total. The van der Waals surface area contributed by atoms with Gasteiger partial charge >= 0.3 is 0 Å².